The molecule has 1 aliphatic heterocycles. The van der Waals surface area contributed by atoms with E-state index in [4.69, 9.17) is 15.2 Å². The molecule has 1 aliphatic rings. The van der Waals surface area contributed by atoms with Crippen LogP contribution in [0.1, 0.15) is 27.2 Å². The van der Waals surface area contributed by atoms with E-state index in [1.807, 2.05) is 12.1 Å². The lowest BCUT2D eigenvalue weighted by Crippen LogP contribution is -2.45. The van der Waals surface area contributed by atoms with Crippen molar-refractivity contribution in [2.24, 2.45) is 0 Å². The summed E-state index contributed by atoms with van der Waals surface area (Å²) in [4.78, 5) is 2.33. The minimum absolute atomic E-state index is 0.251. The largest absolute Gasteiger partial charge is 0.491 e. The van der Waals surface area contributed by atoms with Crippen molar-refractivity contribution in [1.82, 2.24) is 0 Å². The van der Waals surface area contributed by atoms with E-state index in [1.165, 1.54) is 0 Å². The molecule has 0 bridgehead atoms. The highest BCUT2D eigenvalue weighted by atomic mass is 16.5. The monoisotopic (exact) mass is 264 g/mol. The van der Waals surface area contributed by atoms with E-state index in [-0.39, 0.29) is 12.2 Å². The van der Waals surface area contributed by atoms with E-state index in [2.05, 4.69) is 31.7 Å². The molecule has 1 fully saturated rings. The van der Waals surface area contributed by atoms with E-state index >= 15 is 0 Å². The van der Waals surface area contributed by atoms with Crippen LogP contribution in [0.5, 0.6) is 5.75 Å². The number of rotatable bonds is 4. The fourth-order valence-corrected chi connectivity index (χ4v) is 2.45. The van der Waals surface area contributed by atoms with Crippen LogP contribution in [0.4, 0.5) is 11.4 Å². The van der Waals surface area contributed by atoms with Crippen LogP contribution >= 0.6 is 0 Å². The summed E-state index contributed by atoms with van der Waals surface area (Å²) in [5.74, 6) is 0.783. The zero-order chi connectivity index (χ0) is 13.8. The van der Waals surface area contributed by atoms with Crippen molar-refractivity contribution in [2.45, 2.75) is 39.4 Å². The molecule has 2 N–H and O–H groups in total. The number of hydrogen-bond acceptors (Lipinski definition) is 4. The van der Waals surface area contributed by atoms with Crippen molar-refractivity contribution in [1.29, 1.82) is 0 Å². The van der Waals surface area contributed by atoms with Gasteiger partial charge < -0.3 is 20.1 Å². The van der Waals surface area contributed by atoms with Crippen molar-refractivity contribution in [2.75, 3.05) is 30.3 Å². The molecule has 4 nitrogen and oxygen atoms in total. The standard InChI is InChI=1S/C15H24N2O2/c1-4-7-18-15-8-13(5-6-14(15)16)17-9-11(2)19-12(3)10-17/h5-6,8,11-12H,4,7,9-10,16H2,1-3H3. The number of morpholine rings is 1. The summed E-state index contributed by atoms with van der Waals surface area (Å²) in [5, 5.41) is 0. The average molecular weight is 264 g/mol. The lowest BCUT2D eigenvalue weighted by atomic mass is 10.2. The molecule has 0 aromatic heterocycles. The Bertz CT molecular complexity index is 413. The number of hydrogen-bond donors (Lipinski definition) is 1. The Hall–Kier alpha value is -1.42. The van der Waals surface area contributed by atoms with Gasteiger partial charge in [0.1, 0.15) is 5.75 Å². The molecular weight excluding hydrogens is 240 g/mol. The predicted molar refractivity (Wildman–Crippen MR) is 78.9 cm³/mol. The highest BCUT2D eigenvalue weighted by Crippen LogP contribution is 2.29. The van der Waals surface area contributed by atoms with Gasteiger partial charge in [0, 0.05) is 24.8 Å². The summed E-state index contributed by atoms with van der Waals surface area (Å²) in [6.07, 6.45) is 1.48. The summed E-state index contributed by atoms with van der Waals surface area (Å²) in [5.41, 5.74) is 7.80. The van der Waals surface area contributed by atoms with Gasteiger partial charge in [-0.3, -0.25) is 0 Å². The molecule has 1 saturated heterocycles. The Morgan fingerprint density at radius 2 is 2.00 bits per heavy atom. The number of ether oxygens (including phenoxy) is 2. The van der Waals surface area contributed by atoms with Gasteiger partial charge in [-0.1, -0.05) is 6.92 Å². The number of benzene rings is 1. The molecule has 1 aromatic rings. The maximum absolute atomic E-state index is 5.95. The van der Waals surface area contributed by atoms with Gasteiger partial charge in [-0.2, -0.15) is 0 Å². The van der Waals surface area contributed by atoms with E-state index < -0.39 is 0 Å². The van der Waals surface area contributed by atoms with Crippen LogP contribution in [-0.2, 0) is 4.74 Å². The lowest BCUT2D eigenvalue weighted by Gasteiger charge is -2.37. The Kier molecular flexibility index (Phi) is 4.53. The Balaban J connectivity index is 2.15. The fraction of sp³-hybridized carbons (Fsp3) is 0.600. The maximum Gasteiger partial charge on any atom is 0.144 e. The van der Waals surface area contributed by atoms with Crippen LogP contribution in [0.2, 0.25) is 0 Å². The topological polar surface area (TPSA) is 47.7 Å². The number of nitrogens with zero attached hydrogens (tertiary/aromatic N) is 1. The van der Waals surface area contributed by atoms with Crippen molar-refractivity contribution >= 4 is 11.4 Å². The number of nitrogens with two attached hydrogens (primary N) is 1. The first-order valence-electron chi connectivity index (χ1n) is 7.03. The fourth-order valence-electron chi connectivity index (χ4n) is 2.45. The second-order valence-electron chi connectivity index (χ2n) is 5.23. The summed E-state index contributed by atoms with van der Waals surface area (Å²) in [6, 6.07) is 6.01. The molecule has 19 heavy (non-hydrogen) atoms. The third-order valence-electron chi connectivity index (χ3n) is 3.24. The van der Waals surface area contributed by atoms with Crippen molar-refractivity contribution < 1.29 is 9.47 Å². The molecule has 0 spiro atoms. The molecule has 106 valence electrons. The summed E-state index contributed by atoms with van der Waals surface area (Å²) < 4.78 is 11.4. The molecule has 0 amide bonds. The van der Waals surface area contributed by atoms with Crippen LogP contribution < -0.4 is 15.4 Å². The second kappa shape index (κ2) is 6.15. The molecule has 2 atom stereocenters. The Morgan fingerprint density at radius 3 is 2.63 bits per heavy atom. The highest BCUT2D eigenvalue weighted by Gasteiger charge is 2.22. The van der Waals surface area contributed by atoms with Crippen molar-refractivity contribution in [3.8, 4) is 5.75 Å². The van der Waals surface area contributed by atoms with E-state index in [1.54, 1.807) is 0 Å². The molecular formula is C15H24N2O2. The zero-order valence-electron chi connectivity index (χ0n) is 12.1. The van der Waals surface area contributed by atoms with Gasteiger partial charge in [-0.15, -0.1) is 0 Å². The van der Waals surface area contributed by atoms with Crippen LogP contribution in [0.25, 0.3) is 0 Å². The summed E-state index contributed by atoms with van der Waals surface area (Å²) in [7, 11) is 0. The van der Waals surface area contributed by atoms with Gasteiger partial charge >= 0.3 is 0 Å². The van der Waals surface area contributed by atoms with E-state index in [9.17, 15) is 0 Å². The second-order valence-corrected chi connectivity index (χ2v) is 5.23. The molecule has 0 saturated carbocycles. The molecule has 1 aromatic carbocycles. The van der Waals surface area contributed by atoms with Crippen LogP contribution in [0.3, 0.4) is 0 Å². The minimum Gasteiger partial charge on any atom is -0.491 e. The average Bonchev–Trinajstić information content (AvgIpc) is 2.36. The normalized spacial score (nSPS) is 23.4. The maximum atomic E-state index is 5.95. The van der Waals surface area contributed by atoms with Gasteiger partial charge in [0.05, 0.1) is 24.5 Å². The zero-order valence-corrected chi connectivity index (χ0v) is 12.1. The first-order valence-corrected chi connectivity index (χ1v) is 7.03. The summed E-state index contributed by atoms with van der Waals surface area (Å²) in [6.45, 7) is 8.81. The number of anilines is 2. The van der Waals surface area contributed by atoms with Gasteiger partial charge in [0.2, 0.25) is 0 Å². The Labute approximate surface area is 115 Å². The van der Waals surface area contributed by atoms with Crippen molar-refractivity contribution in [3.05, 3.63) is 18.2 Å². The van der Waals surface area contributed by atoms with Crippen LogP contribution in [0, 0.1) is 0 Å². The number of nitrogen functional groups attached to an aromatic ring is 1. The first kappa shape index (κ1) is 14.0. The van der Waals surface area contributed by atoms with Gasteiger partial charge in [-0.25, -0.2) is 0 Å². The molecule has 0 radical (unpaired) electrons. The van der Waals surface area contributed by atoms with E-state index in [0.29, 0.717) is 12.3 Å². The first-order chi connectivity index (χ1) is 9.10. The third-order valence-corrected chi connectivity index (χ3v) is 3.24. The molecule has 1 heterocycles. The SMILES string of the molecule is CCCOc1cc(N2CC(C)OC(C)C2)ccc1N. The molecule has 4 heteroatoms. The third kappa shape index (κ3) is 3.53. The highest BCUT2D eigenvalue weighted by molar-refractivity contribution is 5.62. The van der Waals surface area contributed by atoms with Gasteiger partial charge in [-0.05, 0) is 32.4 Å². The predicted octanol–water partition coefficient (Wildman–Crippen LogP) is 2.67. The van der Waals surface area contributed by atoms with Gasteiger partial charge in [0.15, 0.2) is 0 Å². The lowest BCUT2D eigenvalue weighted by molar-refractivity contribution is -0.00522. The van der Waals surface area contributed by atoms with Crippen LogP contribution in [0.15, 0.2) is 18.2 Å². The quantitative estimate of drug-likeness (QED) is 0.849. The van der Waals surface area contributed by atoms with Crippen molar-refractivity contribution in [3.63, 3.8) is 0 Å². The minimum atomic E-state index is 0.251. The molecule has 0 aliphatic carbocycles. The van der Waals surface area contributed by atoms with E-state index in [0.717, 1.165) is 30.9 Å². The Morgan fingerprint density at radius 1 is 1.32 bits per heavy atom. The molecule has 2 rings (SSSR count). The van der Waals surface area contributed by atoms with Gasteiger partial charge in [0.25, 0.3) is 0 Å². The smallest absolute Gasteiger partial charge is 0.144 e. The summed E-state index contributed by atoms with van der Waals surface area (Å²) >= 11 is 0. The van der Waals surface area contributed by atoms with Crippen LogP contribution in [-0.4, -0.2) is 31.9 Å². The molecule has 2 unspecified atom stereocenters.